The van der Waals surface area contributed by atoms with Gasteiger partial charge in [0, 0.05) is 18.4 Å². The molecular formula is C15H25NO3S. The van der Waals surface area contributed by atoms with Crippen molar-refractivity contribution in [1.29, 1.82) is 0 Å². The zero-order valence-corrected chi connectivity index (χ0v) is 13.6. The number of benzene rings is 1. The highest BCUT2D eigenvalue weighted by Gasteiger charge is 2.07. The van der Waals surface area contributed by atoms with Crippen molar-refractivity contribution in [3.63, 3.8) is 0 Å². The summed E-state index contributed by atoms with van der Waals surface area (Å²) < 4.78 is 27.8. The maximum atomic E-state index is 11.1. The second-order valence-corrected chi connectivity index (χ2v) is 7.87. The average molecular weight is 299 g/mol. The fourth-order valence-electron chi connectivity index (χ4n) is 1.79. The van der Waals surface area contributed by atoms with Crippen LogP contribution >= 0.6 is 0 Å². The lowest BCUT2D eigenvalue weighted by Gasteiger charge is -2.14. The summed E-state index contributed by atoms with van der Waals surface area (Å²) in [6.45, 7) is 8.22. The molecule has 0 aliphatic carbocycles. The molecule has 5 heteroatoms. The lowest BCUT2D eigenvalue weighted by molar-refractivity contribution is 0.336. The maximum absolute atomic E-state index is 11.1. The van der Waals surface area contributed by atoms with Gasteiger partial charge in [-0.25, -0.2) is 8.42 Å². The molecule has 1 N–H and O–H groups in total. The van der Waals surface area contributed by atoms with Crippen LogP contribution in [0.5, 0.6) is 5.75 Å². The predicted molar refractivity (Wildman–Crippen MR) is 82.9 cm³/mol. The van der Waals surface area contributed by atoms with Crippen LogP contribution in [0.2, 0.25) is 0 Å². The van der Waals surface area contributed by atoms with Gasteiger partial charge in [-0.15, -0.1) is 0 Å². The quantitative estimate of drug-likeness (QED) is 0.799. The first-order valence-electron chi connectivity index (χ1n) is 6.88. The topological polar surface area (TPSA) is 55.4 Å². The molecule has 4 nitrogen and oxygen atoms in total. The second-order valence-electron chi connectivity index (χ2n) is 5.61. The molecule has 1 aromatic carbocycles. The summed E-state index contributed by atoms with van der Waals surface area (Å²) in [4.78, 5) is 0. The molecule has 0 aliphatic heterocycles. The van der Waals surface area contributed by atoms with Gasteiger partial charge in [-0.2, -0.15) is 0 Å². The van der Waals surface area contributed by atoms with Gasteiger partial charge in [0.25, 0.3) is 0 Å². The maximum Gasteiger partial charge on any atom is 0.150 e. The van der Waals surface area contributed by atoms with Gasteiger partial charge in [0.2, 0.25) is 0 Å². The molecule has 0 aliphatic rings. The minimum Gasteiger partial charge on any atom is -0.492 e. The van der Waals surface area contributed by atoms with E-state index in [-0.39, 0.29) is 12.4 Å². The van der Waals surface area contributed by atoms with Crippen LogP contribution in [0.25, 0.3) is 0 Å². The standard InChI is InChI=1S/C15H25NO3S/c1-12(2)10-16-11-14-9-13(3)5-6-15(14)19-7-8-20(4,17)18/h5-6,9,12,16H,7-8,10-11H2,1-4H3. The molecule has 0 fully saturated rings. The third-order valence-electron chi connectivity index (χ3n) is 2.80. The van der Waals surface area contributed by atoms with E-state index in [2.05, 4.69) is 25.2 Å². The van der Waals surface area contributed by atoms with Gasteiger partial charge in [-0.3, -0.25) is 0 Å². The molecule has 0 saturated heterocycles. The molecule has 1 aromatic rings. The van der Waals surface area contributed by atoms with Crippen molar-refractivity contribution < 1.29 is 13.2 Å². The summed E-state index contributed by atoms with van der Waals surface area (Å²) in [5, 5.41) is 3.38. The zero-order valence-electron chi connectivity index (χ0n) is 12.8. The molecule has 0 aromatic heterocycles. The van der Waals surface area contributed by atoms with Gasteiger partial charge in [0.05, 0.1) is 5.75 Å². The molecule has 0 heterocycles. The van der Waals surface area contributed by atoms with Gasteiger partial charge >= 0.3 is 0 Å². The lowest BCUT2D eigenvalue weighted by atomic mass is 10.1. The number of aryl methyl sites for hydroxylation is 1. The smallest absolute Gasteiger partial charge is 0.150 e. The van der Waals surface area contributed by atoms with Crippen molar-refractivity contribution in [3.8, 4) is 5.75 Å². The Morgan fingerprint density at radius 2 is 2.00 bits per heavy atom. The number of hydrogen-bond acceptors (Lipinski definition) is 4. The molecule has 114 valence electrons. The number of ether oxygens (including phenoxy) is 1. The van der Waals surface area contributed by atoms with Crippen LogP contribution in [0, 0.1) is 12.8 Å². The minimum atomic E-state index is -2.98. The van der Waals surface area contributed by atoms with Gasteiger partial charge in [0.15, 0.2) is 9.84 Å². The van der Waals surface area contributed by atoms with Gasteiger partial charge < -0.3 is 10.1 Å². The van der Waals surface area contributed by atoms with Crippen molar-refractivity contribution in [3.05, 3.63) is 29.3 Å². The summed E-state index contributed by atoms with van der Waals surface area (Å²) in [5.74, 6) is 1.39. The van der Waals surface area contributed by atoms with Gasteiger partial charge in [0.1, 0.15) is 12.4 Å². The molecule has 0 amide bonds. The Labute approximate surface area is 122 Å². The minimum absolute atomic E-state index is 0.0414. The van der Waals surface area contributed by atoms with Gasteiger partial charge in [-0.05, 0) is 25.5 Å². The highest BCUT2D eigenvalue weighted by molar-refractivity contribution is 7.90. The Hall–Kier alpha value is -1.07. The van der Waals surface area contributed by atoms with E-state index in [9.17, 15) is 8.42 Å². The molecule has 0 bridgehead atoms. The number of rotatable bonds is 8. The predicted octanol–water partition coefficient (Wildman–Crippen LogP) is 2.16. The zero-order chi connectivity index (χ0) is 15.2. The summed E-state index contributed by atoms with van der Waals surface area (Å²) in [5.41, 5.74) is 2.24. The van der Waals surface area contributed by atoms with Crippen molar-refractivity contribution in [2.45, 2.75) is 27.3 Å². The van der Waals surface area contributed by atoms with Crippen LogP contribution in [0.15, 0.2) is 18.2 Å². The Balaban J connectivity index is 2.64. The van der Waals surface area contributed by atoms with Crippen molar-refractivity contribution in [2.24, 2.45) is 5.92 Å². The molecular weight excluding hydrogens is 274 g/mol. The first-order chi connectivity index (χ1) is 9.28. The Bertz CT molecular complexity index is 524. The molecule has 1 rings (SSSR count). The van der Waals surface area contributed by atoms with Crippen LogP contribution in [0.3, 0.4) is 0 Å². The van der Waals surface area contributed by atoms with E-state index in [0.29, 0.717) is 5.92 Å². The first-order valence-corrected chi connectivity index (χ1v) is 8.95. The largest absolute Gasteiger partial charge is 0.492 e. The van der Waals surface area contributed by atoms with E-state index in [1.165, 1.54) is 11.8 Å². The van der Waals surface area contributed by atoms with Crippen LogP contribution in [0.4, 0.5) is 0 Å². The van der Waals surface area contributed by atoms with Crippen molar-refractivity contribution in [1.82, 2.24) is 5.32 Å². The number of sulfone groups is 1. The normalized spacial score (nSPS) is 11.8. The SMILES string of the molecule is Cc1ccc(OCCS(C)(=O)=O)c(CNCC(C)C)c1. The Morgan fingerprint density at radius 3 is 2.60 bits per heavy atom. The third kappa shape index (κ3) is 6.91. The molecule has 0 radical (unpaired) electrons. The molecule has 0 unspecified atom stereocenters. The van der Waals surface area contributed by atoms with Crippen LogP contribution in [-0.4, -0.2) is 33.6 Å². The van der Waals surface area contributed by atoms with Crippen LogP contribution in [0.1, 0.15) is 25.0 Å². The van der Waals surface area contributed by atoms with E-state index in [4.69, 9.17) is 4.74 Å². The summed E-state index contributed by atoms with van der Waals surface area (Å²) in [6.07, 6.45) is 1.22. The van der Waals surface area contributed by atoms with E-state index < -0.39 is 9.84 Å². The Kier molecular flexibility index (Phi) is 6.49. The fourth-order valence-corrected chi connectivity index (χ4v) is 2.17. The molecule has 0 spiro atoms. The second kappa shape index (κ2) is 7.64. The summed E-state index contributed by atoms with van der Waals surface area (Å²) in [7, 11) is -2.98. The highest BCUT2D eigenvalue weighted by Crippen LogP contribution is 2.20. The Morgan fingerprint density at radius 1 is 1.30 bits per heavy atom. The van der Waals surface area contributed by atoms with Gasteiger partial charge in [-0.1, -0.05) is 31.5 Å². The number of hydrogen-bond donors (Lipinski definition) is 1. The van der Waals surface area contributed by atoms with E-state index in [1.807, 2.05) is 19.1 Å². The third-order valence-corrected chi connectivity index (χ3v) is 3.70. The molecule has 0 saturated carbocycles. The summed E-state index contributed by atoms with van der Waals surface area (Å²) >= 11 is 0. The van der Waals surface area contributed by atoms with E-state index in [1.54, 1.807) is 0 Å². The average Bonchev–Trinajstić information content (AvgIpc) is 2.30. The van der Waals surface area contributed by atoms with E-state index in [0.717, 1.165) is 24.4 Å². The van der Waals surface area contributed by atoms with Crippen LogP contribution in [-0.2, 0) is 16.4 Å². The monoisotopic (exact) mass is 299 g/mol. The van der Waals surface area contributed by atoms with Crippen molar-refractivity contribution in [2.75, 3.05) is 25.2 Å². The lowest BCUT2D eigenvalue weighted by Crippen LogP contribution is -2.20. The first kappa shape index (κ1) is 17.0. The fraction of sp³-hybridized carbons (Fsp3) is 0.600. The van der Waals surface area contributed by atoms with Crippen molar-refractivity contribution >= 4 is 9.84 Å². The molecule has 20 heavy (non-hydrogen) atoms. The van der Waals surface area contributed by atoms with Crippen LogP contribution < -0.4 is 10.1 Å². The number of nitrogens with one attached hydrogen (secondary N) is 1. The van der Waals surface area contributed by atoms with E-state index >= 15 is 0 Å². The highest BCUT2D eigenvalue weighted by atomic mass is 32.2. The molecule has 0 atom stereocenters. The summed E-state index contributed by atoms with van der Waals surface area (Å²) in [6, 6.07) is 5.95.